The summed E-state index contributed by atoms with van der Waals surface area (Å²) in [4.78, 5) is 32.6. The van der Waals surface area contributed by atoms with Gasteiger partial charge in [-0.25, -0.2) is 0 Å². The van der Waals surface area contributed by atoms with E-state index >= 15 is 0 Å². The van der Waals surface area contributed by atoms with Crippen LogP contribution in [0.15, 0.2) is 29.3 Å². The Morgan fingerprint density at radius 3 is 2.07 bits per heavy atom. The van der Waals surface area contributed by atoms with Gasteiger partial charge < -0.3 is 15.5 Å². The van der Waals surface area contributed by atoms with Crippen molar-refractivity contribution in [2.24, 2.45) is 4.99 Å². The van der Waals surface area contributed by atoms with E-state index in [-0.39, 0.29) is 35.8 Å². The Labute approximate surface area is 177 Å². The Bertz CT molecular complexity index is 653. The third kappa shape index (κ3) is 5.41. The molecule has 7 nitrogen and oxygen atoms in total. The topological polar surface area (TPSA) is 77.0 Å². The molecule has 1 aromatic carbocycles. The van der Waals surface area contributed by atoms with Gasteiger partial charge in [0, 0.05) is 33.2 Å². The third-order valence-electron chi connectivity index (χ3n) is 4.90. The molecule has 0 bridgehead atoms. The van der Waals surface area contributed by atoms with Gasteiger partial charge in [0.2, 0.25) is 0 Å². The van der Waals surface area contributed by atoms with Gasteiger partial charge >= 0.3 is 0 Å². The Hall–Kier alpha value is -1.68. The van der Waals surface area contributed by atoms with Crippen molar-refractivity contribution in [3.05, 3.63) is 35.4 Å². The first kappa shape index (κ1) is 21.6. The predicted octanol–water partition coefficient (Wildman–Crippen LogP) is 1.55. The molecular formula is C19H28IN5O2. The summed E-state index contributed by atoms with van der Waals surface area (Å²) in [5.41, 5.74) is 0.975. The smallest absolute Gasteiger partial charge is 0.261 e. The molecular weight excluding hydrogens is 457 g/mol. The number of rotatable bonds is 6. The molecule has 2 aliphatic rings. The number of carbonyl (C=O) groups excluding carboxylic acids is 2. The number of hydrogen-bond donors (Lipinski definition) is 2. The average molecular weight is 485 g/mol. The number of benzene rings is 1. The number of likely N-dealkylation sites (tertiary alicyclic amines) is 1. The quantitative estimate of drug-likeness (QED) is 0.277. The van der Waals surface area contributed by atoms with Gasteiger partial charge in [0.1, 0.15) is 0 Å². The van der Waals surface area contributed by atoms with Gasteiger partial charge in [0.25, 0.3) is 11.8 Å². The summed E-state index contributed by atoms with van der Waals surface area (Å²) in [6, 6.07) is 6.95. The first-order chi connectivity index (χ1) is 12.7. The van der Waals surface area contributed by atoms with Crippen LogP contribution >= 0.6 is 24.0 Å². The van der Waals surface area contributed by atoms with Crippen LogP contribution in [0, 0.1) is 0 Å². The number of carbonyl (C=O) groups is 2. The highest BCUT2D eigenvalue weighted by Crippen LogP contribution is 2.21. The molecule has 3 rings (SSSR count). The van der Waals surface area contributed by atoms with E-state index in [1.54, 1.807) is 31.3 Å². The number of amides is 2. The van der Waals surface area contributed by atoms with Gasteiger partial charge in [-0.15, -0.1) is 24.0 Å². The molecule has 0 spiro atoms. The van der Waals surface area contributed by atoms with Crippen molar-refractivity contribution in [3.8, 4) is 0 Å². The van der Waals surface area contributed by atoms with Crippen LogP contribution in [0.3, 0.4) is 0 Å². The molecule has 0 aliphatic carbocycles. The van der Waals surface area contributed by atoms with Crippen molar-refractivity contribution in [2.45, 2.75) is 19.3 Å². The lowest BCUT2D eigenvalue weighted by atomic mass is 10.1. The normalized spacial score (nSPS) is 17.5. The minimum atomic E-state index is -0.222. The molecule has 0 saturated carbocycles. The molecule has 148 valence electrons. The number of imide groups is 1. The molecule has 0 unspecified atom stereocenters. The predicted molar refractivity (Wildman–Crippen MR) is 117 cm³/mol. The van der Waals surface area contributed by atoms with Crippen molar-refractivity contribution in [1.29, 1.82) is 0 Å². The number of hydrogen-bond acceptors (Lipinski definition) is 4. The number of guanidine groups is 1. The molecule has 0 aromatic heterocycles. The van der Waals surface area contributed by atoms with Gasteiger partial charge in [0.15, 0.2) is 5.96 Å². The Morgan fingerprint density at radius 2 is 1.52 bits per heavy atom. The van der Waals surface area contributed by atoms with Crippen molar-refractivity contribution < 1.29 is 9.59 Å². The minimum Gasteiger partial charge on any atom is -0.355 e. The van der Waals surface area contributed by atoms with Crippen LogP contribution in [0.2, 0.25) is 0 Å². The highest BCUT2D eigenvalue weighted by molar-refractivity contribution is 14.0. The van der Waals surface area contributed by atoms with E-state index in [4.69, 9.17) is 0 Å². The standard InChI is InChI=1S/C19H27N5O2.HI/c1-20-19(21-9-13-23-11-5-2-6-12-23)22-10-14-24-17(25)15-7-3-4-8-16(15)18(24)26;/h3-4,7-8H,2,5-6,9-14H2,1H3,(H2,20,21,22);1H. The number of piperidine rings is 1. The van der Waals surface area contributed by atoms with E-state index < -0.39 is 0 Å². The first-order valence-electron chi connectivity index (χ1n) is 9.33. The number of fused-ring (bicyclic) bond motifs is 1. The van der Waals surface area contributed by atoms with Crippen LogP contribution in [0.1, 0.15) is 40.0 Å². The zero-order chi connectivity index (χ0) is 18.4. The first-order valence-corrected chi connectivity index (χ1v) is 9.33. The van der Waals surface area contributed by atoms with Gasteiger partial charge in [-0.05, 0) is 38.1 Å². The largest absolute Gasteiger partial charge is 0.355 e. The number of aliphatic imine (C=N–C) groups is 1. The number of halogens is 1. The van der Waals surface area contributed by atoms with Crippen LogP contribution in [0.4, 0.5) is 0 Å². The van der Waals surface area contributed by atoms with Gasteiger partial charge in [-0.2, -0.15) is 0 Å². The maximum absolute atomic E-state index is 12.3. The second-order valence-electron chi connectivity index (χ2n) is 6.64. The van der Waals surface area contributed by atoms with E-state index in [1.165, 1.54) is 37.3 Å². The molecule has 1 aromatic rings. The third-order valence-corrected chi connectivity index (χ3v) is 4.90. The number of nitrogens with one attached hydrogen (secondary N) is 2. The Morgan fingerprint density at radius 1 is 0.963 bits per heavy atom. The van der Waals surface area contributed by atoms with Crippen molar-refractivity contribution in [3.63, 3.8) is 0 Å². The van der Waals surface area contributed by atoms with E-state index in [0.717, 1.165) is 13.1 Å². The van der Waals surface area contributed by atoms with E-state index in [2.05, 4.69) is 20.5 Å². The second-order valence-corrected chi connectivity index (χ2v) is 6.64. The highest BCUT2D eigenvalue weighted by atomic mass is 127. The van der Waals surface area contributed by atoms with Gasteiger partial charge in [-0.1, -0.05) is 18.6 Å². The molecule has 2 heterocycles. The van der Waals surface area contributed by atoms with Crippen LogP contribution in [-0.4, -0.2) is 73.9 Å². The van der Waals surface area contributed by atoms with E-state index in [0.29, 0.717) is 30.2 Å². The van der Waals surface area contributed by atoms with Crippen LogP contribution in [0.5, 0.6) is 0 Å². The summed E-state index contributed by atoms with van der Waals surface area (Å²) in [6.07, 6.45) is 3.91. The van der Waals surface area contributed by atoms with Gasteiger partial charge in [-0.3, -0.25) is 19.5 Å². The van der Waals surface area contributed by atoms with Crippen LogP contribution < -0.4 is 10.6 Å². The lowest BCUT2D eigenvalue weighted by Gasteiger charge is -2.26. The summed E-state index contributed by atoms with van der Waals surface area (Å²) >= 11 is 0. The minimum absolute atomic E-state index is 0. The van der Waals surface area contributed by atoms with E-state index in [9.17, 15) is 9.59 Å². The molecule has 2 amide bonds. The van der Waals surface area contributed by atoms with Crippen molar-refractivity contribution >= 4 is 41.8 Å². The fourth-order valence-corrected chi connectivity index (χ4v) is 3.46. The van der Waals surface area contributed by atoms with Crippen molar-refractivity contribution in [2.75, 3.05) is 46.3 Å². The zero-order valence-corrected chi connectivity index (χ0v) is 18.1. The zero-order valence-electron chi connectivity index (χ0n) is 15.7. The van der Waals surface area contributed by atoms with Crippen LogP contribution in [-0.2, 0) is 0 Å². The fraction of sp³-hybridized carbons (Fsp3) is 0.526. The summed E-state index contributed by atoms with van der Waals surface area (Å²) in [5.74, 6) is 0.250. The maximum atomic E-state index is 12.3. The molecule has 8 heteroatoms. The molecule has 27 heavy (non-hydrogen) atoms. The summed E-state index contributed by atoms with van der Waals surface area (Å²) in [6.45, 7) is 4.96. The molecule has 2 N–H and O–H groups in total. The average Bonchev–Trinajstić information content (AvgIpc) is 2.92. The van der Waals surface area contributed by atoms with Crippen LogP contribution in [0.25, 0.3) is 0 Å². The fourth-order valence-electron chi connectivity index (χ4n) is 3.46. The summed E-state index contributed by atoms with van der Waals surface area (Å²) < 4.78 is 0. The molecule has 0 radical (unpaired) electrons. The monoisotopic (exact) mass is 485 g/mol. The second kappa shape index (κ2) is 10.6. The Balaban J connectivity index is 0.00000261. The molecule has 1 saturated heterocycles. The Kier molecular flexibility index (Phi) is 8.49. The molecule has 2 aliphatic heterocycles. The SMILES string of the molecule is CN=C(NCCN1CCCCC1)NCCN1C(=O)c2ccccc2C1=O.I. The highest BCUT2D eigenvalue weighted by Gasteiger charge is 2.34. The lowest BCUT2D eigenvalue weighted by molar-refractivity contribution is 0.0657. The number of nitrogens with zero attached hydrogens (tertiary/aromatic N) is 3. The lowest BCUT2D eigenvalue weighted by Crippen LogP contribution is -2.45. The molecule has 0 atom stereocenters. The summed E-state index contributed by atoms with van der Waals surface area (Å²) in [7, 11) is 1.72. The van der Waals surface area contributed by atoms with Gasteiger partial charge in [0.05, 0.1) is 11.1 Å². The molecule has 1 fully saturated rings. The summed E-state index contributed by atoms with van der Waals surface area (Å²) in [5, 5.41) is 6.47. The van der Waals surface area contributed by atoms with E-state index in [1.807, 2.05) is 0 Å². The maximum Gasteiger partial charge on any atom is 0.261 e. The van der Waals surface area contributed by atoms with Crippen molar-refractivity contribution in [1.82, 2.24) is 20.4 Å².